The minimum Gasteiger partial charge on any atom is -0.494 e. The molecular formula is C25H28N6OS. The molecule has 0 radical (unpaired) electrons. The Morgan fingerprint density at radius 2 is 1.73 bits per heavy atom. The summed E-state index contributed by atoms with van der Waals surface area (Å²) in [4.78, 5) is 15.9. The Balaban J connectivity index is 1.57. The van der Waals surface area contributed by atoms with E-state index in [1.165, 1.54) is 11.1 Å². The van der Waals surface area contributed by atoms with Gasteiger partial charge in [-0.1, -0.05) is 24.3 Å². The van der Waals surface area contributed by atoms with Gasteiger partial charge in [-0.15, -0.1) is 0 Å². The van der Waals surface area contributed by atoms with Gasteiger partial charge in [-0.25, -0.2) is 9.97 Å². The number of thiocarbonyl (C=S) groups is 1. The van der Waals surface area contributed by atoms with Crippen LogP contribution in [0.25, 0.3) is 0 Å². The molecule has 7 nitrogen and oxygen atoms in total. The number of rotatable bonds is 4. The maximum Gasteiger partial charge on any atom is 0.229 e. The minimum absolute atomic E-state index is 0.352. The summed E-state index contributed by atoms with van der Waals surface area (Å²) >= 11 is 5.57. The van der Waals surface area contributed by atoms with Gasteiger partial charge in [-0.2, -0.15) is 4.99 Å². The van der Waals surface area contributed by atoms with Crippen LogP contribution in [0.4, 0.5) is 11.6 Å². The first-order valence-corrected chi connectivity index (χ1v) is 11.4. The summed E-state index contributed by atoms with van der Waals surface area (Å²) in [5.41, 5.74) is 5.28. The van der Waals surface area contributed by atoms with E-state index in [4.69, 9.17) is 21.9 Å². The topological polar surface area (TPSA) is 74.7 Å². The zero-order valence-corrected chi connectivity index (χ0v) is 19.9. The molecule has 0 atom stereocenters. The number of nitrogens with one attached hydrogen (secondary N) is 2. The fourth-order valence-electron chi connectivity index (χ4n) is 3.78. The fraction of sp³-hybridized carbons (Fsp3) is 0.280. The first kappa shape index (κ1) is 22.7. The molecule has 0 spiro atoms. The lowest BCUT2D eigenvalue weighted by Gasteiger charge is -2.31. The second-order valence-electron chi connectivity index (χ2n) is 7.86. The molecule has 0 saturated carbocycles. The Labute approximate surface area is 199 Å². The smallest absolute Gasteiger partial charge is 0.229 e. The van der Waals surface area contributed by atoms with Crippen molar-refractivity contribution < 1.29 is 4.74 Å². The first-order chi connectivity index (χ1) is 16.0. The van der Waals surface area contributed by atoms with Crippen molar-refractivity contribution in [1.29, 1.82) is 0 Å². The number of benzene rings is 2. The Bertz CT molecular complexity index is 1140. The number of anilines is 2. The van der Waals surface area contributed by atoms with Gasteiger partial charge in [0.15, 0.2) is 0 Å². The number of nitrogens with zero attached hydrogens (tertiary/aromatic N) is 4. The Morgan fingerprint density at radius 3 is 2.42 bits per heavy atom. The summed E-state index contributed by atoms with van der Waals surface area (Å²) in [5, 5.41) is 6.85. The van der Waals surface area contributed by atoms with Crippen LogP contribution in [0.15, 0.2) is 59.6 Å². The molecule has 2 N–H and O–H groups in total. The normalized spacial score (nSPS) is 13.3. The summed E-state index contributed by atoms with van der Waals surface area (Å²) in [6.07, 6.45) is 0.934. The number of hydrogen-bond acceptors (Lipinski definition) is 4. The lowest BCUT2D eigenvalue weighted by Crippen LogP contribution is -2.41. The van der Waals surface area contributed by atoms with Crippen molar-refractivity contribution in [2.45, 2.75) is 33.7 Å². The predicted molar refractivity (Wildman–Crippen MR) is 137 cm³/mol. The van der Waals surface area contributed by atoms with Gasteiger partial charge in [-0.3, -0.25) is 5.32 Å². The van der Waals surface area contributed by atoms with Crippen molar-refractivity contribution in [2.75, 3.05) is 23.8 Å². The molecule has 8 heteroatoms. The van der Waals surface area contributed by atoms with E-state index in [2.05, 4.69) is 49.8 Å². The Morgan fingerprint density at radius 1 is 1.03 bits per heavy atom. The second kappa shape index (κ2) is 10.4. The van der Waals surface area contributed by atoms with E-state index in [0.29, 0.717) is 23.6 Å². The van der Waals surface area contributed by atoms with Crippen molar-refractivity contribution >= 4 is 34.9 Å². The largest absolute Gasteiger partial charge is 0.494 e. The fourth-order valence-corrected chi connectivity index (χ4v) is 3.99. The van der Waals surface area contributed by atoms with Crippen LogP contribution >= 0.6 is 12.2 Å². The van der Waals surface area contributed by atoms with Gasteiger partial charge in [-0.05, 0) is 80.9 Å². The van der Waals surface area contributed by atoms with Gasteiger partial charge < -0.3 is 15.0 Å². The highest BCUT2D eigenvalue weighted by atomic mass is 32.1. The van der Waals surface area contributed by atoms with Crippen LogP contribution in [0.5, 0.6) is 5.75 Å². The number of hydrogen-bond donors (Lipinski definition) is 2. The van der Waals surface area contributed by atoms with Crippen LogP contribution in [0.1, 0.15) is 29.4 Å². The molecule has 0 aliphatic carbocycles. The van der Waals surface area contributed by atoms with Gasteiger partial charge in [0.1, 0.15) is 5.75 Å². The summed E-state index contributed by atoms with van der Waals surface area (Å²) in [7, 11) is 0. The molecular weight excluding hydrogens is 432 g/mol. The van der Waals surface area contributed by atoms with E-state index in [1.54, 1.807) is 0 Å². The molecule has 0 unspecified atom stereocenters. The molecule has 1 aliphatic rings. The van der Waals surface area contributed by atoms with Crippen LogP contribution < -0.4 is 15.4 Å². The van der Waals surface area contributed by atoms with E-state index < -0.39 is 0 Å². The van der Waals surface area contributed by atoms with Gasteiger partial charge in [0.05, 0.1) is 6.61 Å². The second-order valence-corrected chi connectivity index (χ2v) is 8.25. The van der Waals surface area contributed by atoms with Crippen molar-refractivity contribution in [3.8, 4) is 5.75 Å². The maximum atomic E-state index is 5.57. The maximum absolute atomic E-state index is 5.57. The highest BCUT2D eigenvalue weighted by Crippen LogP contribution is 2.20. The van der Waals surface area contributed by atoms with Gasteiger partial charge in [0.25, 0.3) is 0 Å². The molecule has 4 rings (SSSR count). The SMILES string of the molecule is CCOc1ccc(NC(=S)/N=C(/Nc2nc(C)cc(C)n2)N2CCc3ccccc3C2)cc1. The van der Waals surface area contributed by atoms with Gasteiger partial charge in [0.2, 0.25) is 17.0 Å². The van der Waals surface area contributed by atoms with Crippen LogP contribution in [-0.2, 0) is 13.0 Å². The zero-order chi connectivity index (χ0) is 23.2. The Kier molecular flexibility index (Phi) is 7.14. The Hall–Kier alpha value is -3.52. The molecule has 1 aromatic heterocycles. The third kappa shape index (κ3) is 6.04. The van der Waals surface area contributed by atoms with Gasteiger partial charge >= 0.3 is 0 Å². The van der Waals surface area contributed by atoms with E-state index in [9.17, 15) is 0 Å². The molecule has 33 heavy (non-hydrogen) atoms. The predicted octanol–water partition coefficient (Wildman–Crippen LogP) is 4.72. The van der Waals surface area contributed by atoms with Crippen LogP contribution in [0, 0.1) is 13.8 Å². The van der Waals surface area contributed by atoms with E-state index in [0.717, 1.165) is 42.3 Å². The highest BCUT2D eigenvalue weighted by Gasteiger charge is 2.20. The molecule has 1 aliphatic heterocycles. The van der Waals surface area contributed by atoms with E-state index >= 15 is 0 Å². The van der Waals surface area contributed by atoms with E-state index in [1.807, 2.05) is 51.1 Å². The zero-order valence-electron chi connectivity index (χ0n) is 19.1. The lowest BCUT2D eigenvalue weighted by atomic mass is 10.0. The molecule has 3 aromatic rings. The number of aryl methyl sites for hydroxylation is 2. The average molecular weight is 461 g/mol. The molecule has 2 heterocycles. The van der Waals surface area contributed by atoms with Crippen molar-refractivity contribution in [2.24, 2.45) is 4.99 Å². The molecule has 0 fully saturated rings. The number of aliphatic imine (C=N–C) groups is 1. The number of fused-ring (bicyclic) bond motifs is 1. The molecule has 170 valence electrons. The number of guanidine groups is 1. The minimum atomic E-state index is 0.352. The van der Waals surface area contributed by atoms with Crippen LogP contribution in [-0.4, -0.2) is 39.1 Å². The molecule has 0 saturated heterocycles. The monoisotopic (exact) mass is 460 g/mol. The van der Waals surface area contributed by atoms with Gasteiger partial charge in [0, 0.05) is 30.2 Å². The summed E-state index contributed by atoms with van der Waals surface area (Å²) in [6.45, 7) is 8.04. The van der Waals surface area contributed by atoms with Crippen LogP contribution in [0.3, 0.4) is 0 Å². The van der Waals surface area contributed by atoms with Crippen molar-refractivity contribution in [1.82, 2.24) is 14.9 Å². The summed E-state index contributed by atoms with van der Waals surface area (Å²) in [5.74, 6) is 1.95. The number of ether oxygens (including phenoxy) is 1. The van der Waals surface area contributed by atoms with Crippen LogP contribution in [0.2, 0.25) is 0 Å². The highest BCUT2D eigenvalue weighted by molar-refractivity contribution is 7.80. The quantitative estimate of drug-likeness (QED) is 0.332. The number of aromatic nitrogens is 2. The first-order valence-electron chi connectivity index (χ1n) is 11.0. The summed E-state index contributed by atoms with van der Waals surface area (Å²) < 4.78 is 5.51. The molecule has 2 aromatic carbocycles. The van der Waals surface area contributed by atoms with Crippen molar-refractivity contribution in [3.63, 3.8) is 0 Å². The average Bonchev–Trinajstić information content (AvgIpc) is 2.79. The van der Waals surface area contributed by atoms with E-state index in [-0.39, 0.29) is 0 Å². The molecule has 0 amide bonds. The standard InChI is InChI=1S/C25H28N6OS/c1-4-32-22-11-9-21(10-12-22)28-25(33)30-24(29-23-26-17(2)15-18(3)27-23)31-14-13-19-7-5-6-8-20(19)16-31/h5-12,15H,4,13-14,16H2,1-3H3,(H2,26,27,28,29,30,33). The third-order valence-corrected chi connectivity index (χ3v) is 5.45. The third-order valence-electron chi connectivity index (χ3n) is 5.26. The van der Waals surface area contributed by atoms with Crippen molar-refractivity contribution in [3.05, 3.63) is 77.1 Å². The molecule has 0 bridgehead atoms. The lowest BCUT2D eigenvalue weighted by molar-refractivity contribution is 0.340. The summed E-state index contributed by atoms with van der Waals surface area (Å²) in [6, 6.07) is 18.1.